The van der Waals surface area contributed by atoms with Gasteiger partial charge in [-0.15, -0.1) is 13.2 Å². The molecule has 0 bridgehead atoms. The van der Waals surface area contributed by atoms with Gasteiger partial charge in [-0.25, -0.2) is 0 Å². The number of hydrogen-bond acceptors (Lipinski definition) is 4. The first-order chi connectivity index (χ1) is 14.3. The number of halogens is 3. The van der Waals surface area contributed by atoms with Crippen molar-refractivity contribution in [1.82, 2.24) is 16.0 Å². The summed E-state index contributed by atoms with van der Waals surface area (Å²) in [6, 6.07) is 5.67. The van der Waals surface area contributed by atoms with E-state index in [1.807, 2.05) is 0 Å². The largest absolute Gasteiger partial charge is 0.573 e. The standard InChI is InChI=1S/C21H28F3N3O3/c22-21(23,24)30-17-4-1-3-15(11-17)13-26-19(28)12-14-6-8-16(9-7-14)27-20(29)18-5-2-10-25-18/h1,3-4,11,14,16,18,25H,2,5-10,12-13H2,(H,26,28)(H,27,29)/t14-,16+,18-/m1/s1. The van der Waals surface area contributed by atoms with Crippen LogP contribution in [0.2, 0.25) is 0 Å². The Kier molecular flexibility index (Phi) is 7.58. The van der Waals surface area contributed by atoms with Gasteiger partial charge in [-0.05, 0) is 68.7 Å². The molecule has 9 heteroatoms. The van der Waals surface area contributed by atoms with E-state index in [9.17, 15) is 22.8 Å². The molecule has 0 unspecified atom stereocenters. The minimum atomic E-state index is -4.74. The van der Waals surface area contributed by atoms with Crippen LogP contribution in [-0.4, -0.2) is 36.8 Å². The molecule has 1 aliphatic heterocycles. The molecule has 0 spiro atoms. The Morgan fingerprint density at radius 3 is 2.57 bits per heavy atom. The van der Waals surface area contributed by atoms with Gasteiger partial charge in [-0.2, -0.15) is 0 Å². The van der Waals surface area contributed by atoms with Crippen LogP contribution in [0.1, 0.15) is 50.5 Å². The fourth-order valence-corrected chi connectivity index (χ4v) is 4.11. The first kappa shape index (κ1) is 22.4. The normalized spacial score (nSPS) is 24.3. The Labute approximate surface area is 173 Å². The van der Waals surface area contributed by atoms with E-state index in [2.05, 4.69) is 20.7 Å². The summed E-state index contributed by atoms with van der Waals surface area (Å²) in [7, 11) is 0. The topological polar surface area (TPSA) is 79.5 Å². The van der Waals surface area contributed by atoms with Crippen molar-refractivity contribution in [3.05, 3.63) is 29.8 Å². The van der Waals surface area contributed by atoms with Crippen LogP contribution in [0.15, 0.2) is 24.3 Å². The van der Waals surface area contributed by atoms with E-state index in [-0.39, 0.29) is 42.1 Å². The lowest BCUT2D eigenvalue weighted by Crippen LogP contribution is -2.46. The SMILES string of the molecule is O=C(C[C@H]1CC[C@@H](NC(=O)[C@H]2CCCN2)CC1)NCc1cccc(OC(F)(F)F)c1. The molecule has 3 rings (SSSR count). The van der Waals surface area contributed by atoms with Gasteiger partial charge < -0.3 is 20.7 Å². The molecule has 0 radical (unpaired) electrons. The second kappa shape index (κ2) is 10.1. The van der Waals surface area contributed by atoms with Crippen molar-refractivity contribution in [2.24, 2.45) is 5.92 Å². The molecular weight excluding hydrogens is 399 g/mol. The molecule has 6 nitrogen and oxygen atoms in total. The molecule has 1 aromatic rings. The van der Waals surface area contributed by atoms with Crippen molar-refractivity contribution in [3.63, 3.8) is 0 Å². The maximum absolute atomic E-state index is 12.3. The summed E-state index contributed by atoms with van der Waals surface area (Å²) >= 11 is 0. The van der Waals surface area contributed by atoms with Gasteiger partial charge >= 0.3 is 6.36 Å². The van der Waals surface area contributed by atoms with Gasteiger partial charge in [0.2, 0.25) is 11.8 Å². The van der Waals surface area contributed by atoms with E-state index in [0.29, 0.717) is 12.0 Å². The highest BCUT2D eigenvalue weighted by Crippen LogP contribution is 2.27. The molecule has 1 heterocycles. The van der Waals surface area contributed by atoms with E-state index in [4.69, 9.17) is 0 Å². The molecule has 1 atom stereocenters. The molecule has 2 fully saturated rings. The van der Waals surface area contributed by atoms with E-state index in [1.165, 1.54) is 18.2 Å². The number of amides is 2. The molecule has 1 saturated carbocycles. The average molecular weight is 427 g/mol. The first-order valence-electron chi connectivity index (χ1n) is 10.4. The molecule has 1 aliphatic carbocycles. The Hall–Kier alpha value is -2.29. The second-order valence-corrected chi connectivity index (χ2v) is 8.05. The minimum Gasteiger partial charge on any atom is -0.406 e. The van der Waals surface area contributed by atoms with E-state index in [0.717, 1.165) is 45.1 Å². The molecule has 0 aromatic heterocycles. The average Bonchev–Trinajstić information content (AvgIpc) is 3.22. The van der Waals surface area contributed by atoms with Crippen LogP contribution < -0.4 is 20.7 Å². The number of rotatable bonds is 7. The zero-order valence-electron chi connectivity index (χ0n) is 16.8. The lowest BCUT2D eigenvalue weighted by molar-refractivity contribution is -0.274. The third-order valence-electron chi connectivity index (χ3n) is 5.67. The maximum Gasteiger partial charge on any atom is 0.573 e. The number of alkyl halides is 3. The Morgan fingerprint density at radius 1 is 1.13 bits per heavy atom. The van der Waals surface area contributed by atoms with E-state index in [1.54, 1.807) is 6.07 Å². The predicted molar refractivity (Wildman–Crippen MR) is 105 cm³/mol. The third kappa shape index (κ3) is 7.19. The zero-order valence-corrected chi connectivity index (χ0v) is 16.8. The van der Waals surface area contributed by atoms with Gasteiger partial charge in [-0.3, -0.25) is 9.59 Å². The molecule has 1 saturated heterocycles. The monoisotopic (exact) mass is 427 g/mol. The van der Waals surface area contributed by atoms with E-state index < -0.39 is 6.36 Å². The molecule has 1 aromatic carbocycles. The Bertz CT molecular complexity index is 728. The molecule has 2 aliphatic rings. The summed E-state index contributed by atoms with van der Waals surface area (Å²) < 4.78 is 40.8. The summed E-state index contributed by atoms with van der Waals surface area (Å²) in [4.78, 5) is 24.4. The highest BCUT2D eigenvalue weighted by molar-refractivity contribution is 5.82. The number of carbonyl (C=O) groups excluding carboxylic acids is 2. The van der Waals surface area contributed by atoms with Gasteiger partial charge in [0.15, 0.2) is 0 Å². The summed E-state index contributed by atoms with van der Waals surface area (Å²) in [5, 5.41) is 9.07. The van der Waals surface area contributed by atoms with E-state index >= 15 is 0 Å². The molecular formula is C21H28F3N3O3. The number of benzene rings is 1. The fourth-order valence-electron chi connectivity index (χ4n) is 4.11. The number of ether oxygens (including phenoxy) is 1. The number of carbonyl (C=O) groups is 2. The summed E-state index contributed by atoms with van der Waals surface area (Å²) in [5.74, 6) is -0.102. The lowest BCUT2D eigenvalue weighted by Gasteiger charge is -2.29. The van der Waals surface area contributed by atoms with Crippen LogP contribution in [0.5, 0.6) is 5.75 Å². The quantitative estimate of drug-likeness (QED) is 0.625. The van der Waals surface area contributed by atoms with Crippen molar-refractivity contribution < 1.29 is 27.5 Å². The number of hydrogen-bond donors (Lipinski definition) is 3. The zero-order chi connectivity index (χ0) is 21.6. The van der Waals surface area contributed by atoms with Crippen molar-refractivity contribution in [2.45, 2.75) is 69.9 Å². The highest BCUT2D eigenvalue weighted by atomic mass is 19.4. The predicted octanol–water partition coefficient (Wildman–Crippen LogP) is 3.02. The van der Waals surface area contributed by atoms with Gasteiger partial charge in [0, 0.05) is 19.0 Å². The van der Waals surface area contributed by atoms with Gasteiger partial charge in [-0.1, -0.05) is 12.1 Å². The van der Waals surface area contributed by atoms with Gasteiger partial charge in [0.05, 0.1) is 6.04 Å². The Morgan fingerprint density at radius 2 is 1.90 bits per heavy atom. The maximum atomic E-state index is 12.3. The fraction of sp³-hybridized carbons (Fsp3) is 0.619. The van der Waals surface area contributed by atoms with Crippen molar-refractivity contribution in [2.75, 3.05) is 6.54 Å². The molecule has 3 N–H and O–H groups in total. The lowest BCUT2D eigenvalue weighted by atomic mass is 9.84. The van der Waals surface area contributed by atoms with Crippen molar-refractivity contribution in [1.29, 1.82) is 0 Å². The van der Waals surface area contributed by atoms with Crippen molar-refractivity contribution >= 4 is 11.8 Å². The summed E-state index contributed by atoms with van der Waals surface area (Å²) in [5.41, 5.74) is 0.539. The first-order valence-corrected chi connectivity index (χ1v) is 10.4. The van der Waals surface area contributed by atoms with Crippen LogP contribution in [-0.2, 0) is 16.1 Å². The van der Waals surface area contributed by atoms with Crippen molar-refractivity contribution in [3.8, 4) is 5.75 Å². The number of nitrogens with one attached hydrogen (secondary N) is 3. The summed E-state index contributed by atoms with van der Waals surface area (Å²) in [6.45, 7) is 1.03. The van der Waals surface area contributed by atoms with Crippen LogP contribution in [0.3, 0.4) is 0 Å². The third-order valence-corrected chi connectivity index (χ3v) is 5.67. The van der Waals surface area contributed by atoms with Crippen LogP contribution in [0, 0.1) is 5.92 Å². The molecule has 2 amide bonds. The van der Waals surface area contributed by atoms with Crippen LogP contribution in [0.4, 0.5) is 13.2 Å². The van der Waals surface area contributed by atoms with Gasteiger partial charge in [0.25, 0.3) is 0 Å². The smallest absolute Gasteiger partial charge is 0.406 e. The summed E-state index contributed by atoms with van der Waals surface area (Å²) in [6.07, 6.45) is 0.987. The second-order valence-electron chi connectivity index (χ2n) is 8.05. The van der Waals surface area contributed by atoms with Gasteiger partial charge in [0.1, 0.15) is 5.75 Å². The highest BCUT2D eigenvalue weighted by Gasteiger charge is 2.31. The molecule has 30 heavy (non-hydrogen) atoms. The molecule has 166 valence electrons. The van der Waals surface area contributed by atoms with Crippen LogP contribution in [0.25, 0.3) is 0 Å². The Balaban J connectivity index is 1.36. The van der Waals surface area contributed by atoms with Crippen LogP contribution >= 0.6 is 0 Å². The minimum absolute atomic E-state index is 0.0745.